The Morgan fingerprint density at radius 1 is 1.25 bits per heavy atom. The van der Waals surface area contributed by atoms with Gasteiger partial charge in [-0.25, -0.2) is 0 Å². The van der Waals surface area contributed by atoms with Crippen LogP contribution in [0.1, 0.15) is 66.7 Å². The van der Waals surface area contributed by atoms with E-state index < -0.39 is 8.32 Å². The lowest BCUT2D eigenvalue weighted by Crippen LogP contribution is -2.46. The first-order valence-electron chi connectivity index (χ1n) is 9.87. The maximum Gasteiger partial charge on any atom is 0.192 e. The fourth-order valence-corrected chi connectivity index (χ4v) is 5.71. The summed E-state index contributed by atoms with van der Waals surface area (Å²) in [5, 5.41) is 0.266. The summed E-state index contributed by atoms with van der Waals surface area (Å²) in [6.07, 6.45) is 6.46. The highest BCUT2D eigenvalue weighted by Gasteiger charge is 2.59. The van der Waals surface area contributed by atoms with Crippen LogP contribution in [0.5, 0.6) is 0 Å². The summed E-state index contributed by atoms with van der Waals surface area (Å²) in [5.41, 5.74) is 1.97. The van der Waals surface area contributed by atoms with Gasteiger partial charge in [0.05, 0.1) is 12.7 Å². The normalized spacial score (nSPS) is 39.0. The zero-order chi connectivity index (χ0) is 18.0. The van der Waals surface area contributed by atoms with Gasteiger partial charge in [0, 0.05) is 0 Å². The molecule has 0 amide bonds. The first-order chi connectivity index (χ1) is 10.9. The van der Waals surface area contributed by atoms with Crippen LogP contribution in [0.25, 0.3) is 0 Å². The SMILES string of the molecule is C=C1CCC2O[C@@]2(CO[Si](C)(C)C(C)(C)C)CC[C@@H]2[C@@H]1CC2(C)C. The van der Waals surface area contributed by atoms with Crippen LogP contribution in [0.4, 0.5) is 0 Å². The van der Waals surface area contributed by atoms with Crippen molar-refractivity contribution in [2.75, 3.05) is 6.61 Å². The van der Waals surface area contributed by atoms with Crippen LogP contribution in [0.2, 0.25) is 18.1 Å². The smallest absolute Gasteiger partial charge is 0.192 e. The van der Waals surface area contributed by atoms with Gasteiger partial charge in [-0.05, 0) is 67.5 Å². The molecule has 1 aliphatic heterocycles. The summed E-state index contributed by atoms with van der Waals surface area (Å²) in [6.45, 7) is 21.7. The summed E-state index contributed by atoms with van der Waals surface area (Å²) in [7, 11) is -1.71. The van der Waals surface area contributed by atoms with E-state index in [0.717, 1.165) is 31.3 Å². The molecule has 1 unspecified atom stereocenters. The van der Waals surface area contributed by atoms with Crippen molar-refractivity contribution >= 4 is 8.32 Å². The van der Waals surface area contributed by atoms with Crippen LogP contribution >= 0.6 is 0 Å². The second-order valence-corrected chi connectivity index (χ2v) is 15.7. The molecular formula is C21H38O2Si. The molecule has 0 bridgehead atoms. The van der Waals surface area contributed by atoms with E-state index in [1.807, 2.05) is 0 Å². The third-order valence-corrected chi connectivity index (χ3v) is 12.2. The molecule has 0 aromatic heterocycles. The fraction of sp³-hybridized carbons (Fsp3) is 0.905. The Bertz CT molecular complexity index is 516. The molecule has 0 aromatic carbocycles. The van der Waals surface area contributed by atoms with Crippen LogP contribution in [0.3, 0.4) is 0 Å². The number of epoxide rings is 1. The molecule has 1 saturated heterocycles. The Labute approximate surface area is 150 Å². The summed E-state index contributed by atoms with van der Waals surface area (Å²) >= 11 is 0. The van der Waals surface area contributed by atoms with E-state index in [-0.39, 0.29) is 10.6 Å². The number of hydrogen-bond donors (Lipinski definition) is 0. The van der Waals surface area contributed by atoms with Crippen molar-refractivity contribution < 1.29 is 9.16 Å². The minimum atomic E-state index is -1.71. The van der Waals surface area contributed by atoms with Crippen molar-refractivity contribution in [3.05, 3.63) is 12.2 Å². The summed E-state index contributed by atoms with van der Waals surface area (Å²) in [6, 6.07) is 0. The maximum absolute atomic E-state index is 6.57. The lowest BCUT2D eigenvalue weighted by Gasteiger charge is -2.53. The van der Waals surface area contributed by atoms with E-state index in [9.17, 15) is 0 Å². The molecule has 2 saturated carbocycles. The second kappa shape index (κ2) is 5.69. The number of allylic oxidation sites excluding steroid dienone is 1. The molecule has 24 heavy (non-hydrogen) atoms. The van der Waals surface area contributed by atoms with Crippen molar-refractivity contribution in [3.8, 4) is 0 Å². The number of rotatable bonds is 3. The minimum Gasteiger partial charge on any atom is -0.414 e. The molecule has 3 fully saturated rings. The average molecular weight is 351 g/mol. The van der Waals surface area contributed by atoms with Crippen molar-refractivity contribution in [1.82, 2.24) is 0 Å². The highest BCUT2D eigenvalue weighted by atomic mass is 28.4. The van der Waals surface area contributed by atoms with Gasteiger partial charge in [-0.3, -0.25) is 0 Å². The van der Waals surface area contributed by atoms with Gasteiger partial charge in [-0.15, -0.1) is 0 Å². The van der Waals surface area contributed by atoms with Gasteiger partial charge in [-0.1, -0.05) is 46.8 Å². The summed E-state index contributed by atoms with van der Waals surface area (Å²) < 4.78 is 12.8. The van der Waals surface area contributed by atoms with Crippen LogP contribution in [-0.2, 0) is 9.16 Å². The Morgan fingerprint density at radius 3 is 2.50 bits per heavy atom. The van der Waals surface area contributed by atoms with Gasteiger partial charge in [0.1, 0.15) is 5.60 Å². The molecule has 138 valence electrons. The number of hydrogen-bond acceptors (Lipinski definition) is 2. The molecule has 2 nitrogen and oxygen atoms in total. The summed E-state index contributed by atoms with van der Waals surface area (Å²) in [4.78, 5) is 0. The van der Waals surface area contributed by atoms with E-state index in [0.29, 0.717) is 11.5 Å². The fourth-order valence-electron chi connectivity index (χ4n) is 4.68. The Morgan fingerprint density at radius 2 is 1.92 bits per heavy atom. The largest absolute Gasteiger partial charge is 0.414 e. The molecule has 4 atom stereocenters. The Balaban J connectivity index is 1.68. The van der Waals surface area contributed by atoms with Crippen LogP contribution in [0, 0.1) is 17.3 Å². The average Bonchev–Trinajstić information content (AvgIpc) is 3.12. The van der Waals surface area contributed by atoms with Gasteiger partial charge in [0.25, 0.3) is 0 Å². The molecule has 2 aliphatic carbocycles. The van der Waals surface area contributed by atoms with Gasteiger partial charge < -0.3 is 9.16 Å². The monoisotopic (exact) mass is 350 g/mol. The molecule has 3 aliphatic rings. The quantitative estimate of drug-likeness (QED) is 0.357. The number of ether oxygens (including phenoxy) is 1. The van der Waals surface area contributed by atoms with Crippen LogP contribution in [0.15, 0.2) is 12.2 Å². The zero-order valence-electron chi connectivity index (χ0n) is 17.0. The highest BCUT2D eigenvalue weighted by molar-refractivity contribution is 6.74. The van der Waals surface area contributed by atoms with Crippen molar-refractivity contribution in [2.24, 2.45) is 17.3 Å². The predicted molar refractivity (Wildman–Crippen MR) is 104 cm³/mol. The van der Waals surface area contributed by atoms with Crippen molar-refractivity contribution in [3.63, 3.8) is 0 Å². The van der Waals surface area contributed by atoms with Crippen LogP contribution < -0.4 is 0 Å². The predicted octanol–water partition coefficient (Wildman–Crippen LogP) is 5.94. The summed E-state index contributed by atoms with van der Waals surface area (Å²) in [5.74, 6) is 1.55. The molecule has 3 heteroatoms. The first-order valence-corrected chi connectivity index (χ1v) is 12.8. The van der Waals surface area contributed by atoms with Crippen LogP contribution in [-0.4, -0.2) is 26.6 Å². The van der Waals surface area contributed by atoms with E-state index in [1.54, 1.807) is 0 Å². The van der Waals surface area contributed by atoms with Gasteiger partial charge >= 0.3 is 0 Å². The van der Waals surface area contributed by atoms with Gasteiger partial charge in [-0.2, -0.15) is 0 Å². The van der Waals surface area contributed by atoms with E-state index >= 15 is 0 Å². The molecule has 3 rings (SSSR count). The molecule has 0 aromatic rings. The highest BCUT2D eigenvalue weighted by Crippen LogP contribution is 2.59. The van der Waals surface area contributed by atoms with E-state index in [4.69, 9.17) is 9.16 Å². The molecular weight excluding hydrogens is 312 g/mol. The maximum atomic E-state index is 6.57. The standard InChI is InChI=1S/C21H38O2Si/c1-15-9-10-18-21(23-18,14-22-24(7,8)19(2,3)4)12-11-17-16(15)13-20(17,5)6/h16-18H,1,9-14H2,2-8H3/t16-,17-,18?,21-/m1/s1. The lowest BCUT2D eigenvalue weighted by molar-refractivity contribution is -0.00479. The Hall–Kier alpha value is -0.123. The first kappa shape index (κ1) is 18.7. The molecule has 0 N–H and O–H groups in total. The topological polar surface area (TPSA) is 21.8 Å². The van der Waals surface area contributed by atoms with Crippen molar-refractivity contribution in [1.29, 1.82) is 0 Å². The van der Waals surface area contributed by atoms with E-state index in [1.165, 1.54) is 24.8 Å². The van der Waals surface area contributed by atoms with Gasteiger partial charge in [0.15, 0.2) is 8.32 Å². The molecule has 0 spiro atoms. The number of fused-ring (bicyclic) bond motifs is 2. The lowest BCUT2D eigenvalue weighted by atomic mass is 9.52. The third kappa shape index (κ3) is 3.17. The Kier molecular flexibility index (Phi) is 4.42. The molecule has 1 heterocycles. The van der Waals surface area contributed by atoms with Gasteiger partial charge in [0.2, 0.25) is 0 Å². The second-order valence-electron chi connectivity index (χ2n) is 10.9. The van der Waals surface area contributed by atoms with E-state index in [2.05, 4.69) is 54.3 Å². The minimum absolute atomic E-state index is 0.0103. The molecule has 0 radical (unpaired) electrons. The third-order valence-electron chi connectivity index (χ3n) is 7.76. The van der Waals surface area contributed by atoms with Crippen molar-refractivity contribution in [2.45, 2.75) is 96.6 Å². The zero-order valence-corrected chi connectivity index (χ0v) is 18.0.